The summed E-state index contributed by atoms with van der Waals surface area (Å²) in [5.41, 5.74) is -0.0244. The number of aliphatic hydroxyl groups excluding tert-OH is 2. The Morgan fingerprint density at radius 1 is 1.30 bits per heavy atom. The summed E-state index contributed by atoms with van der Waals surface area (Å²) in [7, 11) is 0. The van der Waals surface area contributed by atoms with Crippen molar-refractivity contribution >= 4 is 27.3 Å². The van der Waals surface area contributed by atoms with Crippen LogP contribution in [0.4, 0.5) is 0 Å². The second-order valence-corrected chi connectivity index (χ2v) is 6.01. The number of nitrogens with one attached hydrogen (secondary N) is 1. The molecule has 0 radical (unpaired) electrons. The minimum atomic E-state index is -0.959. The molecule has 0 fully saturated rings. The molecule has 0 saturated heterocycles. The molecule has 0 saturated carbocycles. The molecule has 2 rings (SSSR count). The Balaban J connectivity index is 2.34. The number of aliphatic hydroxyl groups is 2. The first-order valence-electron chi connectivity index (χ1n) is 6.59. The minimum absolute atomic E-state index is 0.242. The normalized spacial score (nSPS) is 11.8. The van der Waals surface area contributed by atoms with Crippen molar-refractivity contribution in [3.63, 3.8) is 0 Å². The number of fused-ring (bicyclic) bond motifs is 1. The highest BCUT2D eigenvalue weighted by Crippen LogP contribution is 2.30. The molecule has 0 bridgehead atoms. The van der Waals surface area contributed by atoms with Gasteiger partial charge >= 0.3 is 0 Å². The first kappa shape index (κ1) is 15.0. The molecule has 0 aliphatic rings. The van der Waals surface area contributed by atoms with E-state index in [1.807, 2.05) is 38.1 Å². The van der Waals surface area contributed by atoms with Crippen LogP contribution in [-0.4, -0.2) is 34.9 Å². The van der Waals surface area contributed by atoms with E-state index < -0.39 is 5.54 Å². The third kappa shape index (κ3) is 2.57. The van der Waals surface area contributed by atoms with Gasteiger partial charge in [-0.05, 0) is 30.4 Å². The predicted molar refractivity (Wildman–Crippen MR) is 81.2 cm³/mol. The van der Waals surface area contributed by atoms with Crippen LogP contribution in [0.3, 0.4) is 0 Å². The van der Waals surface area contributed by atoms with Gasteiger partial charge in [-0.1, -0.05) is 25.1 Å². The molecular weight excluding hydrogens is 274 g/mol. The lowest BCUT2D eigenvalue weighted by atomic mass is 9.98. The van der Waals surface area contributed by atoms with Crippen molar-refractivity contribution in [3.05, 3.63) is 34.7 Å². The van der Waals surface area contributed by atoms with E-state index in [9.17, 15) is 15.0 Å². The number of thiophene rings is 1. The van der Waals surface area contributed by atoms with E-state index in [1.165, 1.54) is 11.3 Å². The second-order valence-electron chi connectivity index (χ2n) is 4.96. The van der Waals surface area contributed by atoms with Gasteiger partial charge in [0, 0.05) is 4.70 Å². The summed E-state index contributed by atoms with van der Waals surface area (Å²) in [6, 6.07) is 7.86. The lowest BCUT2D eigenvalue weighted by Gasteiger charge is -2.29. The Hall–Kier alpha value is -1.43. The van der Waals surface area contributed by atoms with E-state index >= 15 is 0 Å². The molecule has 0 spiro atoms. The molecule has 1 aromatic heterocycles. The maximum Gasteiger partial charge on any atom is 0.262 e. The summed E-state index contributed by atoms with van der Waals surface area (Å²) in [4.78, 5) is 13.0. The molecule has 1 amide bonds. The summed E-state index contributed by atoms with van der Waals surface area (Å²) < 4.78 is 1.06. The van der Waals surface area contributed by atoms with Gasteiger partial charge in [-0.2, -0.15) is 0 Å². The molecular formula is C15H19NO3S. The fraction of sp³-hybridized carbons (Fsp3) is 0.400. The monoisotopic (exact) mass is 293 g/mol. The lowest BCUT2D eigenvalue weighted by Crippen LogP contribution is -2.53. The van der Waals surface area contributed by atoms with Crippen molar-refractivity contribution in [2.75, 3.05) is 13.2 Å². The van der Waals surface area contributed by atoms with E-state index in [2.05, 4.69) is 5.32 Å². The predicted octanol–water partition coefficient (Wildman–Crippen LogP) is 2.07. The maximum absolute atomic E-state index is 12.4. The number of carbonyl (C=O) groups excluding carboxylic acids is 1. The van der Waals surface area contributed by atoms with Crippen molar-refractivity contribution < 1.29 is 15.0 Å². The molecule has 0 atom stereocenters. The molecule has 4 nitrogen and oxygen atoms in total. The molecule has 108 valence electrons. The quantitative estimate of drug-likeness (QED) is 0.790. The molecule has 1 heterocycles. The average Bonchev–Trinajstić information content (AvgIpc) is 2.83. The van der Waals surface area contributed by atoms with E-state index in [4.69, 9.17) is 0 Å². The summed E-state index contributed by atoms with van der Waals surface area (Å²) in [5, 5.41) is 22.7. The molecule has 2 aromatic rings. The fourth-order valence-electron chi connectivity index (χ4n) is 2.13. The van der Waals surface area contributed by atoms with Crippen LogP contribution in [0.25, 0.3) is 10.1 Å². The zero-order valence-electron chi connectivity index (χ0n) is 11.6. The van der Waals surface area contributed by atoms with E-state index in [-0.39, 0.29) is 19.1 Å². The topological polar surface area (TPSA) is 69.6 Å². The van der Waals surface area contributed by atoms with Gasteiger partial charge in [0.25, 0.3) is 5.91 Å². The van der Waals surface area contributed by atoms with Crippen molar-refractivity contribution in [2.45, 2.75) is 25.8 Å². The number of amides is 1. The van der Waals surface area contributed by atoms with Crippen LogP contribution in [0.1, 0.15) is 28.6 Å². The van der Waals surface area contributed by atoms with E-state index in [0.29, 0.717) is 11.3 Å². The standard InChI is InChI=1S/C15H19NO3S/c1-3-15(8-17,9-18)16-14(19)13-10(2)11-6-4-5-7-12(11)20-13/h4-7,17-18H,3,8-9H2,1-2H3,(H,16,19). The first-order chi connectivity index (χ1) is 9.56. The van der Waals surface area contributed by atoms with Gasteiger partial charge in [-0.15, -0.1) is 11.3 Å². The summed E-state index contributed by atoms with van der Waals surface area (Å²) in [6.45, 7) is 3.18. The largest absolute Gasteiger partial charge is 0.394 e. The molecule has 0 unspecified atom stereocenters. The SMILES string of the molecule is CCC(CO)(CO)NC(=O)c1sc2ccccc2c1C. The number of hydrogen-bond donors (Lipinski definition) is 3. The van der Waals surface area contributed by atoms with Gasteiger partial charge in [0.05, 0.1) is 23.6 Å². The van der Waals surface area contributed by atoms with Crippen molar-refractivity contribution in [1.29, 1.82) is 0 Å². The van der Waals surface area contributed by atoms with Gasteiger partial charge in [-0.25, -0.2) is 0 Å². The summed E-state index contributed by atoms with van der Waals surface area (Å²) in [6.07, 6.45) is 0.468. The Labute approximate surface area is 122 Å². The highest BCUT2D eigenvalue weighted by molar-refractivity contribution is 7.21. The van der Waals surface area contributed by atoms with Crippen LogP contribution in [0.2, 0.25) is 0 Å². The molecule has 1 aromatic carbocycles. The van der Waals surface area contributed by atoms with Crippen LogP contribution < -0.4 is 5.32 Å². The number of carbonyl (C=O) groups is 1. The first-order valence-corrected chi connectivity index (χ1v) is 7.41. The van der Waals surface area contributed by atoms with Crippen LogP contribution in [0, 0.1) is 6.92 Å². The smallest absolute Gasteiger partial charge is 0.262 e. The van der Waals surface area contributed by atoms with Crippen LogP contribution in [0.5, 0.6) is 0 Å². The Bertz CT molecular complexity index is 608. The highest BCUT2D eigenvalue weighted by atomic mass is 32.1. The highest BCUT2D eigenvalue weighted by Gasteiger charge is 2.30. The minimum Gasteiger partial charge on any atom is -0.394 e. The second kappa shape index (κ2) is 5.91. The van der Waals surface area contributed by atoms with Gasteiger partial charge in [-0.3, -0.25) is 4.79 Å². The molecule has 3 N–H and O–H groups in total. The molecule has 20 heavy (non-hydrogen) atoms. The number of hydrogen-bond acceptors (Lipinski definition) is 4. The summed E-state index contributed by atoms with van der Waals surface area (Å²) >= 11 is 1.43. The van der Waals surface area contributed by atoms with E-state index in [1.54, 1.807) is 0 Å². The third-order valence-corrected chi connectivity index (χ3v) is 4.98. The lowest BCUT2D eigenvalue weighted by molar-refractivity contribution is 0.0655. The maximum atomic E-state index is 12.4. The van der Waals surface area contributed by atoms with Crippen LogP contribution >= 0.6 is 11.3 Å². The Kier molecular flexibility index (Phi) is 4.42. The van der Waals surface area contributed by atoms with Crippen molar-refractivity contribution in [1.82, 2.24) is 5.32 Å². The summed E-state index contributed by atoms with van der Waals surface area (Å²) in [5.74, 6) is -0.242. The number of aryl methyl sites for hydroxylation is 1. The van der Waals surface area contributed by atoms with Crippen molar-refractivity contribution in [2.24, 2.45) is 0 Å². The molecule has 0 aliphatic heterocycles. The zero-order chi connectivity index (χ0) is 14.8. The van der Waals surface area contributed by atoms with Crippen LogP contribution in [0.15, 0.2) is 24.3 Å². The zero-order valence-corrected chi connectivity index (χ0v) is 12.5. The Morgan fingerprint density at radius 2 is 1.95 bits per heavy atom. The van der Waals surface area contributed by atoms with Gasteiger partial charge in [0.1, 0.15) is 0 Å². The molecule has 0 aliphatic carbocycles. The number of benzene rings is 1. The van der Waals surface area contributed by atoms with Crippen molar-refractivity contribution in [3.8, 4) is 0 Å². The van der Waals surface area contributed by atoms with Gasteiger partial charge < -0.3 is 15.5 Å². The van der Waals surface area contributed by atoms with E-state index in [0.717, 1.165) is 15.6 Å². The average molecular weight is 293 g/mol. The van der Waals surface area contributed by atoms with Gasteiger partial charge in [0.2, 0.25) is 0 Å². The molecule has 5 heteroatoms. The van der Waals surface area contributed by atoms with Gasteiger partial charge in [0.15, 0.2) is 0 Å². The van der Waals surface area contributed by atoms with Crippen LogP contribution in [-0.2, 0) is 0 Å². The number of rotatable bonds is 5. The third-order valence-electron chi connectivity index (χ3n) is 3.71. The Morgan fingerprint density at radius 3 is 2.50 bits per heavy atom. The fourth-order valence-corrected chi connectivity index (χ4v) is 3.23.